The van der Waals surface area contributed by atoms with Crippen molar-refractivity contribution in [3.05, 3.63) is 35.8 Å². The maximum absolute atomic E-state index is 5.58. The Morgan fingerprint density at radius 1 is 1.07 bits per heavy atom. The quantitative estimate of drug-likeness (QED) is 0.761. The number of pyridine rings is 1. The minimum Gasteiger partial charge on any atom is -0.368 e. The number of rotatable bonds is 1. The molecule has 0 amide bonds. The Kier molecular flexibility index (Phi) is 2.33. The summed E-state index contributed by atoms with van der Waals surface area (Å²) >= 11 is 0. The third kappa shape index (κ3) is 2.10. The van der Waals surface area contributed by atoms with Crippen molar-refractivity contribution < 1.29 is 0 Å². The fraction of sp³-hybridized carbons (Fsp3) is 0.182. The van der Waals surface area contributed by atoms with Crippen molar-refractivity contribution >= 4 is 5.95 Å². The van der Waals surface area contributed by atoms with Crippen LogP contribution in [0.15, 0.2) is 24.4 Å². The number of nitrogen functional groups attached to an aromatic ring is 1. The molecular formula is C11H12N4. The second-order valence-electron chi connectivity index (χ2n) is 3.44. The molecule has 0 aliphatic carbocycles. The van der Waals surface area contributed by atoms with Crippen LogP contribution < -0.4 is 5.73 Å². The van der Waals surface area contributed by atoms with Crippen LogP contribution >= 0.6 is 0 Å². The van der Waals surface area contributed by atoms with E-state index in [2.05, 4.69) is 15.0 Å². The monoisotopic (exact) mass is 200 g/mol. The molecule has 0 aliphatic heterocycles. The highest BCUT2D eigenvalue weighted by Crippen LogP contribution is 2.17. The average molecular weight is 200 g/mol. The normalized spacial score (nSPS) is 10.3. The summed E-state index contributed by atoms with van der Waals surface area (Å²) in [6.45, 7) is 3.84. The van der Waals surface area contributed by atoms with Crippen LogP contribution in [-0.2, 0) is 0 Å². The summed E-state index contributed by atoms with van der Waals surface area (Å²) in [5.41, 5.74) is 9.20. The molecule has 0 spiro atoms. The van der Waals surface area contributed by atoms with E-state index in [0.717, 1.165) is 22.6 Å². The van der Waals surface area contributed by atoms with E-state index < -0.39 is 0 Å². The van der Waals surface area contributed by atoms with E-state index in [4.69, 9.17) is 5.73 Å². The van der Waals surface area contributed by atoms with E-state index in [0.29, 0.717) is 5.95 Å². The zero-order valence-corrected chi connectivity index (χ0v) is 8.73. The Bertz CT molecular complexity index is 456. The van der Waals surface area contributed by atoms with E-state index >= 15 is 0 Å². The number of aryl methyl sites for hydroxylation is 2. The van der Waals surface area contributed by atoms with Gasteiger partial charge in [0.15, 0.2) is 0 Å². The minimum atomic E-state index is 0.297. The van der Waals surface area contributed by atoms with Crippen LogP contribution in [0, 0.1) is 13.8 Å². The summed E-state index contributed by atoms with van der Waals surface area (Å²) in [5, 5.41) is 0. The number of nitrogens with two attached hydrogens (primary N) is 1. The van der Waals surface area contributed by atoms with Crippen LogP contribution in [0.5, 0.6) is 0 Å². The van der Waals surface area contributed by atoms with Gasteiger partial charge in [0.05, 0.1) is 5.69 Å². The number of aromatic nitrogens is 3. The van der Waals surface area contributed by atoms with Crippen molar-refractivity contribution in [2.75, 3.05) is 5.73 Å². The molecule has 76 valence electrons. The van der Waals surface area contributed by atoms with Crippen molar-refractivity contribution in [3.8, 4) is 11.3 Å². The summed E-state index contributed by atoms with van der Waals surface area (Å²) in [4.78, 5) is 12.4. The Morgan fingerprint density at radius 2 is 1.87 bits per heavy atom. The highest BCUT2D eigenvalue weighted by Gasteiger charge is 2.02. The van der Waals surface area contributed by atoms with Crippen LogP contribution in [0.25, 0.3) is 11.3 Å². The third-order valence-corrected chi connectivity index (χ3v) is 2.08. The van der Waals surface area contributed by atoms with Gasteiger partial charge < -0.3 is 5.73 Å². The topological polar surface area (TPSA) is 64.7 Å². The number of hydrogen-bond donors (Lipinski definition) is 1. The van der Waals surface area contributed by atoms with Gasteiger partial charge in [0.1, 0.15) is 0 Å². The van der Waals surface area contributed by atoms with E-state index in [-0.39, 0.29) is 0 Å². The SMILES string of the molecule is Cc1ccc(-c2cc(C)nc(N)n2)cn1. The maximum Gasteiger partial charge on any atom is 0.220 e. The van der Waals surface area contributed by atoms with E-state index in [1.807, 2.05) is 32.0 Å². The zero-order valence-electron chi connectivity index (χ0n) is 8.73. The largest absolute Gasteiger partial charge is 0.368 e. The lowest BCUT2D eigenvalue weighted by molar-refractivity contribution is 1.12. The summed E-state index contributed by atoms with van der Waals surface area (Å²) in [5.74, 6) is 0.297. The van der Waals surface area contributed by atoms with Crippen molar-refractivity contribution in [1.29, 1.82) is 0 Å². The summed E-state index contributed by atoms with van der Waals surface area (Å²) in [6.07, 6.45) is 1.79. The van der Waals surface area contributed by atoms with Crippen molar-refractivity contribution in [1.82, 2.24) is 15.0 Å². The van der Waals surface area contributed by atoms with E-state index in [1.54, 1.807) is 6.20 Å². The second kappa shape index (κ2) is 3.65. The molecule has 4 heteroatoms. The predicted octanol–water partition coefficient (Wildman–Crippen LogP) is 1.74. The van der Waals surface area contributed by atoms with Crippen LogP contribution in [-0.4, -0.2) is 15.0 Å². The number of nitrogens with zero attached hydrogens (tertiary/aromatic N) is 3. The Balaban J connectivity index is 2.49. The molecule has 0 saturated carbocycles. The van der Waals surface area contributed by atoms with Gasteiger partial charge in [-0.25, -0.2) is 9.97 Å². The smallest absolute Gasteiger partial charge is 0.220 e. The molecule has 0 atom stereocenters. The first-order valence-corrected chi connectivity index (χ1v) is 4.69. The van der Waals surface area contributed by atoms with Crippen LogP contribution in [0.2, 0.25) is 0 Å². The maximum atomic E-state index is 5.58. The van der Waals surface area contributed by atoms with Gasteiger partial charge in [-0.3, -0.25) is 4.98 Å². The van der Waals surface area contributed by atoms with Gasteiger partial charge in [-0.15, -0.1) is 0 Å². The molecule has 0 fully saturated rings. The van der Waals surface area contributed by atoms with Crippen LogP contribution in [0.3, 0.4) is 0 Å². The molecule has 2 N–H and O–H groups in total. The molecule has 0 unspecified atom stereocenters. The van der Waals surface area contributed by atoms with Gasteiger partial charge in [-0.1, -0.05) is 0 Å². The minimum absolute atomic E-state index is 0.297. The average Bonchev–Trinajstić information content (AvgIpc) is 2.17. The van der Waals surface area contributed by atoms with Crippen LogP contribution in [0.4, 0.5) is 5.95 Å². The van der Waals surface area contributed by atoms with Gasteiger partial charge >= 0.3 is 0 Å². The van der Waals surface area contributed by atoms with Gasteiger partial charge in [0.25, 0.3) is 0 Å². The lowest BCUT2D eigenvalue weighted by Gasteiger charge is -2.03. The molecule has 0 aliphatic rings. The Labute approximate surface area is 88.2 Å². The van der Waals surface area contributed by atoms with E-state index in [1.165, 1.54) is 0 Å². The summed E-state index contributed by atoms with van der Waals surface area (Å²) in [7, 11) is 0. The van der Waals surface area contributed by atoms with Crippen molar-refractivity contribution in [2.24, 2.45) is 0 Å². The standard InChI is InChI=1S/C11H12N4/c1-7-3-4-9(6-13-7)10-5-8(2)14-11(12)15-10/h3-6H,1-2H3,(H2,12,14,15). The molecule has 4 nitrogen and oxygen atoms in total. The van der Waals surface area contributed by atoms with E-state index in [9.17, 15) is 0 Å². The lowest BCUT2D eigenvalue weighted by atomic mass is 10.2. The Morgan fingerprint density at radius 3 is 2.47 bits per heavy atom. The fourth-order valence-corrected chi connectivity index (χ4v) is 1.36. The molecular weight excluding hydrogens is 188 g/mol. The summed E-state index contributed by atoms with van der Waals surface area (Å²) in [6, 6.07) is 5.81. The first-order valence-electron chi connectivity index (χ1n) is 4.69. The number of hydrogen-bond acceptors (Lipinski definition) is 4. The van der Waals surface area contributed by atoms with Gasteiger partial charge in [0, 0.05) is 23.1 Å². The van der Waals surface area contributed by atoms with Crippen molar-refractivity contribution in [2.45, 2.75) is 13.8 Å². The molecule has 15 heavy (non-hydrogen) atoms. The molecule has 0 bridgehead atoms. The lowest BCUT2D eigenvalue weighted by Crippen LogP contribution is -1.98. The highest BCUT2D eigenvalue weighted by atomic mass is 15.0. The molecule has 2 heterocycles. The highest BCUT2D eigenvalue weighted by molar-refractivity contribution is 5.59. The molecule has 0 saturated heterocycles. The van der Waals surface area contributed by atoms with Crippen LogP contribution in [0.1, 0.15) is 11.4 Å². The third-order valence-electron chi connectivity index (χ3n) is 2.08. The summed E-state index contributed by atoms with van der Waals surface area (Å²) < 4.78 is 0. The predicted molar refractivity (Wildman–Crippen MR) is 59.1 cm³/mol. The number of anilines is 1. The molecule has 2 aromatic heterocycles. The second-order valence-corrected chi connectivity index (χ2v) is 3.44. The molecule has 0 aromatic carbocycles. The molecule has 2 aromatic rings. The Hall–Kier alpha value is -1.97. The molecule has 2 rings (SSSR count). The van der Waals surface area contributed by atoms with Gasteiger partial charge in [-0.05, 0) is 32.0 Å². The fourth-order valence-electron chi connectivity index (χ4n) is 1.36. The van der Waals surface area contributed by atoms with Crippen molar-refractivity contribution in [3.63, 3.8) is 0 Å². The first kappa shape index (κ1) is 9.58. The van der Waals surface area contributed by atoms with Gasteiger partial charge in [0.2, 0.25) is 5.95 Å². The molecule has 0 radical (unpaired) electrons. The zero-order chi connectivity index (χ0) is 10.8. The first-order chi connectivity index (χ1) is 7.15. The van der Waals surface area contributed by atoms with Gasteiger partial charge in [-0.2, -0.15) is 0 Å².